The number of Topliss-reactive ketones (excluding diaryl/α,β-unsaturated/α-hetero) is 1. The van der Waals surface area contributed by atoms with Gasteiger partial charge in [-0.1, -0.05) is 63.2 Å². The summed E-state index contributed by atoms with van der Waals surface area (Å²) in [7, 11) is 0. The van der Waals surface area contributed by atoms with Crippen molar-refractivity contribution in [1.29, 1.82) is 0 Å². The first-order valence-electron chi connectivity index (χ1n) is 12.9. The third kappa shape index (κ3) is 3.12. The maximum Gasteiger partial charge on any atom is 0.337 e. The van der Waals surface area contributed by atoms with Crippen LogP contribution in [0.3, 0.4) is 0 Å². The molecule has 2 fully saturated rings. The molecule has 0 unspecified atom stereocenters. The predicted molar refractivity (Wildman–Crippen MR) is 138 cm³/mol. The molecule has 2 aromatic rings. The summed E-state index contributed by atoms with van der Waals surface area (Å²) in [6.07, 6.45) is 2.69. The minimum absolute atomic E-state index is 0.0581. The molecule has 1 heterocycles. The van der Waals surface area contributed by atoms with Crippen LogP contribution in [0.4, 0.5) is 5.69 Å². The predicted octanol–water partition coefficient (Wildman–Crippen LogP) is 5.92. The van der Waals surface area contributed by atoms with E-state index in [0.29, 0.717) is 34.0 Å². The number of dihydropyridines is 1. The molecule has 1 aliphatic heterocycles. The summed E-state index contributed by atoms with van der Waals surface area (Å²) in [6, 6.07) is 13.6. The lowest BCUT2D eigenvalue weighted by molar-refractivity contribution is -0.385. The third-order valence-corrected chi connectivity index (χ3v) is 9.88. The Balaban J connectivity index is 1.47. The molecule has 4 aliphatic rings. The molecule has 7 nitrogen and oxygen atoms in total. The fourth-order valence-corrected chi connectivity index (χ4v) is 7.31. The number of ether oxygens (including phenoxy) is 1. The van der Waals surface area contributed by atoms with Crippen LogP contribution in [0.1, 0.15) is 74.4 Å². The first-order valence-corrected chi connectivity index (χ1v) is 12.9. The molecule has 2 bridgehead atoms. The fourth-order valence-electron chi connectivity index (χ4n) is 7.31. The summed E-state index contributed by atoms with van der Waals surface area (Å²) in [5, 5.41) is 15.3. The largest absolute Gasteiger partial charge is 0.458 e. The molecule has 2 aromatic carbocycles. The van der Waals surface area contributed by atoms with Gasteiger partial charge in [0.25, 0.3) is 5.69 Å². The Labute approximate surface area is 215 Å². The highest BCUT2D eigenvalue weighted by molar-refractivity contribution is 6.23. The molecule has 4 atom stereocenters. The number of esters is 1. The maximum absolute atomic E-state index is 14.0. The molecule has 0 amide bonds. The van der Waals surface area contributed by atoms with E-state index in [4.69, 9.17) is 4.74 Å². The molecular weight excluding hydrogens is 468 g/mol. The number of rotatable bonds is 4. The second-order valence-corrected chi connectivity index (χ2v) is 11.6. The van der Waals surface area contributed by atoms with Crippen LogP contribution in [-0.2, 0) is 9.53 Å². The number of nitrogens with zero attached hydrogens (tertiary/aromatic N) is 1. The van der Waals surface area contributed by atoms with E-state index in [-0.39, 0.29) is 34.0 Å². The summed E-state index contributed by atoms with van der Waals surface area (Å²) in [6.45, 7) is 8.50. The molecule has 2 saturated carbocycles. The number of allylic oxidation sites excluding steroid dienone is 2. The van der Waals surface area contributed by atoms with Crippen LogP contribution in [0, 0.1) is 26.9 Å². The number of ketones is 1. The Kier molecular flexibility index (Phi) is 5.03. The highest BCUT2D eigenvalue weighted by Gasteiger charge is 2.63. The van der Waals surface area contributed by atoms with Crippen LogP contribution in [0.2, 0.25) is 0 Å². The SMILES string of the molecule is CC1=C(C(=O)O[C@H]2C[C@@H]3CC[C@]2(C)C3(C)C)[C@@H](c2ccccc2[N+](=O)[O-])C2=C(N1)c1ccccc1C2=O. The lowest BCUT2D eigenvalue weighted by Gasteiger charge is -2.39. The van der Waals surface area contributed by atoms with Crippen molar-refractivity contribution >= 4 is 23.1 Å². The second-order valence-electron chi connectivity index (χ2n) is 11.6. The zero-order valence-electron chi connectivity index (χ0n) is 21.5. The molecule has 0 aromatic heterocycles. The van der Waals surface area contributed by atoms with Crippen LogP contribution < -0.4 is 5.32 Å². The minimum atomic E-state index is -0.912. The van der Waals surface area contributed by atoms with Gasteiger partial charge in [-0.25, -0.2) is 4.79 Å². The Morgan fingerprint density at radius 2 is 1.76 bits per heavy atom. The van der Waals surface area contributed by atoms with E-state index < -0.39 is 16.8 Å². The van der Waals surface area contributed by atoms with Gasteiger partial charge in [0.1, 0.15) is 6.10 Å². The summed E-state index contributed by atoms with van der Waals surface area (Å²) in [4.78, 5) is 39.3. The number of fused-ring (bicyclic) bond motifs is 4. The molecule has 6 rings (SSSR count). The lowest BCUT2D eigenvalue weighted by atomic mass is 9.70. The number of nitro groups is 1. The average molecular weight is 499 g/mol. The van der Waals surface area contributed by atoms with E-state index >= 15 is 0 Å². The Hall–Kier alpha value is -3.74. The monoisotopic (exact) mass is 498 g/mol. The van der Waals surface area contributed by atoms with Gasteiger partial charge >= 0.3 is 5.97 Å². The van der Waals surface area contributed by atoms with Gasteiger partial charge in [-0.05, 0) is 37.5 Å². The van der Waals surface area contributed by atoms with Gasteiger partial charge in [0.05, 0.1) is 22.1 Å². The molecule has 0 saturated heterocycles. The summed E-state index contributed by atoms with van der Waals surface area (Å²) < 4.78 is 6.27. The van der Waals surface area contributed by atoms with Crippen molar-refractivity contribution in [3.05, 3.63) is 92.2 Å². The molecule has 3 aliphatic carbocycles. The number of hydrogen-bond acceptors (Lipinski definition) is 6. The van der Waals surface area contributed by atoms with Gasteiger partial charge < -0.3 is 10.1 Å². The normalized spacial score (nSPS) is 29.2. The quantitative estimate of drug-likeness (QED) is 0.319. The number of carbonyl (C=O) groups excluding carboxylic acids is 2. The summed E-state index contributed by atoms with van der Waals surface area (Å²) in [5.74, 6) is -1.17. The van der Waals surface area contributed by atoms with Crippen LogP contribution in [0.15, 0.2) is 65.4 Å². The fraction of sp³-hybridized carbons (Fsp3) is 0.400. The average Bonchev–Trinajstić information content (AvgIpc) is 3.35. The Morgan fingerprint density at radius 1 is 1.08 bits per heavy atom. The highest BCUT2D eigenvalue weighted by Crippen LogP contribution is 2.66. The Morgan fingerprint density at radius 3 is 2.41 bits per heavy atom. The van der Waals surface area contributed by atoms with Crippen molar-refractivity contribution in [1.82, 2.24) is 5.32 Å². The summed E-state index contributed by atoms with van der Waals surface area (Å²) in [5.41, 5.74) is 3.13. The van der Waals surface area contributed by atoms with E-state index in [1.807, 2.05) is 12.1 Å². The van der Waals surface area contributed by atoms with Crippen LogP contribution in [0.25, 0.3) is 5.70 Å². The van der Waals surface area contributed by atoms with Crippen molar-refractivity contribution < 1.29 is 19.2 Å². The standard InChI is InChI=1S/C30H30N2O5/c1-16-23(28(34)37-22-15-17-13-14-30(22,4)29(17,2)3)24(20-11-7-8-12-21(20)32(35)36)25-26(31-16)18-9-5-6-10-19(18)27(25)33/h5-12,17,22,24,31H,13-15H2,1-4H3/t17-,22-,24+,30-/m0/s1. The van der Waals surface area contributed by atoms with Crippen molar-refractivity contribution in [3.63, 3.8) is 0 Å². The Bertz CT molecular complexity index is 1450. The molecule has 7 heteroatoms. The molecule has 190 valence electrons. The van der Waals surface area contributed by atoms with E-state index in [1.165, 1.54) is 6.07 Å². The number of nitrogens with one attached hydrogen (secondary N) is 1. The van der Waals surface area contributed by atoms with Gasteiger partial charge in [-0.2, -0.15) is 0 Å². The van der Waals surface area contributed by atoms with Gasteiger partial charge in [-0.15, -0.1) is 0 Å². The topological polar surface area (TPSA) is 98.5 Å². The molecule has 37 heavy (non-hydrogen) atoms. The number of para-hydroxylation sites is 1. The second kappa shape index (κ2) is 7.88. The molecule has 0 radical (unpaired) electrons. The third-order valence-electron chi connectivity index (χ3n) is 9.88. The first kappa shape index (κ1) is 23.6. The van der Waals surface area contributed by atoms with E-state index in [1.54, 1.807) is 37.3 Å². The zero-order chi connectivity index (χ0) is 26.3. The molecular formula is C30H30N2O5. The van der Waals surface area contributed by atoms with Gasteiger partial charge in [0, 0.05) is 39.4 Å². The molecule has 1 N–H and O–H groups in total. The highest BCUT2D eigenvalue weighted by atomic mass is 16.6. The number of hydrogen-bond donors (Lipinski definition) is 1. The van der Waals surface area contributed by atoms with Crippen molar-refractivity contribution in [2.24, 2.45) is 16.7 Å². The molecule has 0 spiro atoms. The zero-order valence-corrected chi connectivity index (χ0v) is 21.5. The van der Waals surface area contributed by atoms with Crippen molar-refractivity contribution in [2.75, 3.05) is 0 Å². The van der Waals surface area contributed by atoms with E-state index in [0.717, 1.165) is 24.8 Å². The number of carbonyl (C=O) groups is 2. The minimum Gasteiger partial charge on any atom is -0.458 e. The van der Waals surface area contributed by atoms with Gasteiger partial charge in [0.15, 0.2) is 5.78 Å². The first-order chi connectivity index (χ1) is 17.6. The lowest BCUT2D eigenvalue weighted by Crippen LogP contribution is -2.39. The number of nitro benzene ring substituents is 1. The van der Waals surface area contributed by atoms with Crippen molar-refractivity contribution in [3.8, 4) is 0 Å². The van der Waals surface area contributed by atoms with Gasteiger partial charge in [-0.3, -0.25) is 14.9 Å². The number of benzene rings is 2. The van der Waals surface area contributed by atoms with Gasteiger partial charge in [0.2, 0.25) is 0 Å². The van der Waals surface area contributed by atoms with E-state index in [9.17, 15) is 19.7 Å². The van der Waals surface area contributed by atoms with Crippen LogP contribution >= 0.6 is 0 Å². The smallest absolute Gasteiger partial charge is 0.337 e. The maximum atomic E-state index is 14.0. The van der Waals surface area contributed by atoms with Crippen LogP contribution in [0.5, 0.6) is 0 Å². The summed E-state index contributed by atoms with van der Waals surface area (Å²) >= 11 is 0. The van der Waals surface area contributed by atoms with Crippen LogP contribution in [-0.4, -0.2) is 22.8 Å². The van der Waals surface area contributed by atoms with Crippen molar-refractivity contribution in [2.45, 2.75) is 59.0 Å². The van der Waals surface area contributed by atoms with E-state index in [2.05, 4.69) is 26.1 Å².